The van der Waals surface area contributed by atoms with E-state index in [-0.39, 0.29) is 5.57 Å². The van der Waals surface area contributed by atoms with Crippen LogP contribution in [0.25, 0.3) is 0 Å². The molecule has 0 spiro atoms. The monoisotopic (exact) mass is 202 g/mol. The van der Waals surface area contributed by atoms with Crippen LogP contribution in [-0.4, -0.2) is 22.3 Å². The highest BCUT2D eigenvalue weighted by atomic mass is 17.1. The molecule has 0 radical (unpaired) electrons. The third-order valence-corrected chi connectivity index (χ3v) is 1.81. The van der Waals surface area contributed by atoms with Crippen molar-refractivity contribution in [1.82, 2.24) is 0 Å². The van der Waals surface area contributed by atoms with Gasteiger partial charge in [-0.3, -0.25) is 9.68 Å². The number of hydrogen-bond donors (Lipinski definition) is 2. The fourth-order valence-corrected chi connectivity index (χ4v) is 1.22. The third-order valence-electron chi connectivity index (χ3n) is 1.81. The molecule has 0 rings (SSSR count). The molecule has 0 saturated carbocycles. The van der Waals surface area contributed by atoms with Crippen molar-refractivity contribution in [3.05, 3.63) is 12.2 Å². The molecule has 2 N–H and O–H groups in total. The molecule has 1 unspecified atom stereocenters. The Hall–Kier alpha value is -1.36. The van der Waals surface area contributed by atoms with Gasteiger partial charge in [0.2, 0.25) is 0 Å². The summed E-state index contributed by atoms with van der Waals surface area (Å²) in [7, 11) is 0. The average Bonchev–Trinajstić information content (AvgIpc) is 1.99. The molecule has 0 aromatic heterocycles. The van der Waals surface area contributed by atoms with Crippen molar-refractivity contribution in [2.75, 3.05) is 0 Å². The molecule has 0 saturated heterocycles. The van der Waals surface area contributed by atoms with Gasteiger partial charge in [0, 0.05) is 5.57 Å². The Morgan fingerprint density at radius 1 is 1.36 bits per heavy atom. The van der Waals surface area contributed by atoms with E-state index in [4.69, 9.17) is 10.4 Å². The normalized spacial score (nSPS) is 13.1. The first-order chi connectivity index (χ1) is 6.21. The average molecular weight is 202 g/mol. The second-order valence-corrected chi connectivity index (χ2v) is 4.04. The van der Waals surface area contributed by atoms with Crippen molar-refractivity contribution >= 4 is 11.9 Å². The molecular formula is C9H14O5. The maximum absolute atomic E-state index is 10.9. The summed E-state index contributed by atoms with van der Waals surface area (Å²) in [4.78, 5) is 25.2. The molecule has 0 bridgehead atoms. The zero-order valence-electron chi connectivity index (χ0n) is 8.40. The molecule has 14 heavy (non-hydrogen) atoms. The number of carboxylic acids is 1. The lowest BCUT2D eigenvalue weighted by Crippen LogP contribution is -2.33. The summed E-state index contributed by atoms with van der Waals surface area (Å²) >= 11 is 0. The van der Waals surface area contributed by atoms with Crippen molar-refractivity contribution in [2.45, 2.75) is 20.8 Å². The molecule has 0 aromatic carbocycles. The molecule has 80 valence electrons. The van der Waals surface area contributed by atoms with Crippen molar-refractivity contribution in [3.63, 3.8) is 0 Å². The van der Waals surface area contributed by atoms with E-state index in [9.17, 15) is 9.59 Å². The van der Waals surface area contributed by atoms with Crippen molar-refractivity contribution in [3.8, 4) is 0 Å². The largest absolute Gasteiger partial charge is 0.481 e. The van der Waals surface area contributed by atoms with Gasteiger partial charge >= 0.3 is 11.9 Å². The molecule has 0 amide bonds. The zero-order valence-corrected chi connectivity index (χ0v) is 8.40. The minimum Gasteiger partial charge on any atom is -0.481 e. The minimum atomic E-state index is -1.17. The standard InChI is InChI=1S/C9H14O5/c1-5(8(12)14-13)6(7(10)11)9(2,3)4/h6,13H,1H2,2-4H3,(H,10,11). The van der Waals surface area contributed by atoms with E-state index in [0.29, 0.717) is 0 Å². The minimum absolute atomic E-state index is 0.271. The molecule has 5 heteroatoms. The number of aliphatic carboxylic acids is 1. The van der Waals surface area contributed by atoms with Gasteiger partial charge in [-0.15, -0.1) is 0 Å². The number of carboxylic acid groups (broad SMARTS) is 1. The van der Waals surface area contributed by atoms with Crippen LogP contribution in [0.5, 0.6) is 0 Å². The van der Waals surface area contributed by atoms with Crippen LogP contribution in [0.2, 0.25) is 0 Å². The van der Waals surface area contributed by atoms with Gasteiger partial charge in [-0.05, 0) is 5.41 Å². The van der Waals surface area contributed by atoms with E-state index < -0.39 is 23.3 Å². The predicted molar refractivity (Wildman–Crippen MR) is 48.4 cm³/mol. The van der Waals surface area contributed by atoms with Gasteiger partial charge in [-0.2, -0.15) is 5.26 Å². The lowest BCUT2D eigenvalue weighted by Gasteiger charge is -2.26. The van der Waals surface area contributed by atoms with Gasteiger partial charge in [0.1, 0.15) is 0 Å². The lowest BCUT2D eigenvalue weighted by atomic mass is 9.76. The number of hydrogen-bond acceptors (Lipinski definition) is 4. The number of carbonyl (C=O) groups excluding carboxylic acids is 1. The summed E-state index contributed by atoms with van der Waals surface area (Å²) in [6.07, 6.45) is 0. The maximum Gasteiger partial charge on any atom is 0.369 e. The van der Waals surface area contributed by atoms with Gasteiger partial charge in [-0.1, -0.05) is 27.4 Å². The smallest absolute Gasteiger partial charge is 0.369 e. The van der Waals surface area contributed by atoms with E-state index in [1.807, 2.05) is 0 Å². The topological polar surface area (TPSA) is 83.8 Å². The Kier molecular flexibility index (Phi) is 3.82. The Balaban J connectivity index is 4.96. The van der Waals surface area contributed by atoms with Gasteiger partial charge in [0.05, 0.1) is 5.92 Å². The molecular weight excluding hydrogens is 188 g/mol. The van der Waals surface area contributed by atoms with E-state index in [1.54, 1.807) is 20.8 Å². The van der Waals surface area contributed by atoms with Crippen LogP contribution >= 0.6 is 0 Å². The summed E-state index contributed by atoms with van der Waals surface area (Å²) in [6, 6.07) is 0. The fraction of sp³-hybridized carbons (Fsp3) is 0.556. The summed E-state index contributed by atoms with van der Waals surface area (Å²) in [5, 5.41) is 17.0. The molecule has 0 fully saturated rings. The molecule has 0 heterocycles. The van der Waals surface area contributed by atoms with E-state index in [2.05, 4.69) is 11.5 Å². The quantitative estimate of drug-likeness (QED) is 0.409. The second kappa shape index (κ2) is 4.23. The van der Waals surface area contributed by atoms with Crippen LogP contribution in [0.4, 0.5) is 0 Å². The highest BCUT2D eigenvalue weighted by Gasteiger charge is 2.37. The molecule has 1 atom stereocenters. The van der Waals surface area contributed by atoms with Gasteiger partial charge in [-0.25, -0.2) is 4.79 Å². The second-order valence-electron chi connectivity index (χ2n) is 4.04. The van der Waals surface area contributed by atoms with Crippen LogP contribution < -0.4 is 0 Å². The third kappa shape index (κ3) is 2.85. The van der Waals surface area contributed by atoms with Crippen LogP contribution in [0.1, 0.15) is 20.8 Å². The van der Waals surface area contributed by atoms with E-state index in [0.717, 1.165) is 0 Å². The highest BCUT2D eigenvalue weighted by Crippen LogP contribution is 2.31. The van der Waals surface area contributed by atoms with Gasteiger partial charge in [0.25, 0.3) is 0 Å². The molecule has 0 aliphatic rings. The molecule has 0 aliphatic carbocycles. The van der Waals surface area contributed by atoms with Crippen LogP contribution in [0.3, 0.4) is 0 Å². The Bertz CT molecular complexity index is 261. The summed E-state index contributed by atoms with van der Waals surface area (Å²) in [6.45, 7) is 8.26. The summed E-state index contributed by atoms with van der Waals surface area (Å²) < 4.78 is 0. The first kappa shape index (κ1) is 12.6. The van der Waals surface area contributed by atoms with Crippen molar-refractivity contribution < 1.29 is 24.8 Å². The van der Waals surface area contributed by atoms with Crippen LogP contribution in [-0.2, 0) is 14.5 Å². The van der Waals surface area contributed by atoms with Crippen LogP contribution in [0, 0.1) is 11.3 Å². The van der Waals surface area contributed by atoms with Crippen LogP contribution in [0.15, 0.2) is 12.2 Å². The summed E-state index contributed by atoms with van der Waals surface area (Å²) in [5.41, 5.74) is -0.940. The number of rotatable bonds is 3. The Labute approximate surface area is 81.9 Å². The molecule has 0 aromatic rings. The Morgan fingerprint density at radius 2 is 1.79 bits per heavy atom. The molecule has 5 nitrogen and oxygen atoms in total. The van der Waals surface area contributed by atoms with Gasteiger partial charge in [0.15, 0.2) is 0 Å². The number of carbonyl (C=O) groups is 2. The first-order valence-corrected chi connectivity index (χ1v) is 3.99. The first-order valence-electron chi connectivity index (χ1n) is 3.99. The van der Waals surface area contributed by atoms with E-state index in [1.165, 1.54) is 0 Å². The summed E-state index contributed by atoms with van der Waals surface area (Å²) in [5.74, 6) is -3.37. The highest BCUT2D eigenvalue weighted by molar-refractivity contribution is 5.94. The van der Waals surface area contributed by atoms with E-state index >= 15 is 0 Å². The van der Waals surface area contributed by atoms with Gasteiger partial charge < -0.3 is 5.11 Å². The van der Waals surface area contributed by atoms with Crippen molar-refractivity contribution in [1.29, 1.82) is 0 Å². The predicted octanol–water partition coefficient (Wildman–Crippen LogP) is 1.31. The SMILES string of the molecule is C=C(C(=O)OO)C(C(=O)O)C(C)(C)C. The fourth-order valence-electron chi connectivity index (χ4n) is 1.22. The maximum atomic E-state index is 10.9. The van der Waals surface area contributed by atoms with Crippen molar-refractivity contribution in [2.24, 2.45) is 11.3 Å². The lowest BCUT2D eigenvalue weighted by molar-refractivity contribution is -0.230. The Morgan fingerprint density at radius 3 is 2.00 bits per heavy atom. The zero-order chi connectivity index (χ0) is 11.5. The molecule has 0 aliphatic heterocycles.